The molecule has 76 valence electrons. The molecule has 1 aromatic rings. The maximum Gasteiger partial charge on any atom is 0.143 e. The van der Waals surface area contributed by atoms with Gasteiger partial charge in [-0.25, -0.2) is 0 Å². The molecule has 0 aliphatic rings. The van der Waals surface area contributed by atoms with Crippen LogP contribution in [0.1, 0.15) is 26.2 Å². The van der Waals surface area contributed by atoms with E-state index in [1.165, 1.54) is 4.90 Å². The summed E-state index contributed by atoms with van der Waals surface area (Å²) in [5.74, 6) is 0.977. The SMILES string of the molecule is CCCCC(=O)CSc1ccccc1. The van der Waals surface area contributed by atoms with Gasteiger partial charge in [0, 0.05) is 11.3 Å². The largest absolute Gasteiger partial charge is 0.299 e. The lowest BCUT2D eigenvalue weighted by atomic mass is 10.2. The van der Waals surface area contributed by atoms with E-state index in [2.05, 4.69) is 6.92 Å². The van der Waals surface area contributed by atoms with Gasteiger partial charge in [0.05, 0.1) is 5.75 Å². The second kappa shape index (κ2) is 6.66. The Morgan fingerprint density at radius 1 is 1.29 bits per heavy atom. The van der Waals surface area contributed by atoms with Crippen LogP contribution in [0.4, 0.5) is 0 Å². The van der Waals surface area contributed by atoms with Crippen LogP contribution >= 0.6 is 11.8 Å². The van der Waals surface area contributed by atoms with Gasteiger partial charge in [-0.2, -0.15) is 0 Å². The minimum Gasteiger partial charge on any atom is -0.299 e. The Bertz CT molecular complexity index is 269. The Kier molecular flexibility index (Phi) is 5.38. The van der Waals surface area contributed by atoms with Gasteiger partial charge in [-0.05, 0) is 18.6 Å². The number of Topliss-reactive ketones (excluding diaryl/α,β-unsaturated/α-hetero) is 1. The Balaban J connectivity index is 2.24. The first-order valence-electron chi connectivity index (χ1n) is 5.02. The molecule has 14 heavy (non-hydrogen) atoms. The highest BCUT2D eigenvalue weighted by molar-refractivity contribution is 8.00. The third-order valence-corrected chi connectivity index (χ3v) is 3.02. The average Bonchev–Trinajstić information content (AvgIpc) is 2.25. The number of carbonyl (C=O) groups excluding carboxylic acids is 1. The maximum atomic E-state index is 11.4. The number of hydrogen-bond acceptors (Lipinski definition) is 2. The average molecular weight is 208 g/mol. The highest BCUT2D eigenvalue weighted by atomic mass is 32.2. The summed E-state index contributed by atoms with van der Waals surface area (Å²) in [6, 6.07) is 10.1. The first kappa shape index (κ1) is 11.3. The topological polar surface area (TPSA) is 17.1 Å². The van der Waals surface area contributed by atoms with E-state index in [1.807, 2.05) is 30.3 Å². The molecular weight excluding hydrogens is 192 g/mol. The smallest absolute Gasteiger partial charge is 0.143 e. The summed E-state index contributed by atoms with van der Waals surface area (Å²) >= 11 is 1.63. The van der Waals surface area contributed by atoms with E-state index in [1.54, 1.807) is 11.8 Å². The van der Waals surface area contributed by atoms with Crippen molar-refractivity contribution in [3.05, 3.63) is 30.3 Å². The fourth-order valence-corrected chi connectivity index (χ4v) is 1.95. The third kappa shape index (κ3) is 4.47. The van der Waals surface area contributed by atoms with Crippen molar-refractivity contribution in [1.29, 1.82) is 0 Å². The minimum atomic E-state index is 0.362. The van der Waals surface area contributed by atoms with Crippen molar-refractivity contribution < 1.29 is 4.79 Å². The fourth-order valence-electron chi connectivity index (χ4n) is 1.13. The second-order valence-corrected chi connectivity index (χ2v) is 4.29. The molecule has 0 atom stereocenters. The first-order chi connectivity index (χ1) is 6.83. The number of thioether (sulfide) groups is 1. The first-order valence-corrected chi connectivity index (χ1v) is 6.01. The van der Waals surface area contributed by atoms with Crippen LogP contribution in [0.5, 0.6) is 0 Å². The molecule has 0 aliphatic heterocycles. The van der Waals surface area contributed by atoms with Gasteiger partial charge in [0.15, 0.2) is 0 Å². The van der Waals surface area contributed by atoms with E-state index in [9.17, 15) is 4.79 Å². The van der Waals surface area contributed by atoms with Crippen LogP contribution < -0.4 is 0 Å². The summed E-state index contributed by atoms with van der Waals surface area (Å²) in [4.78, 5) is 12.5. The number of ketones is 1. The molecule has 0 saturated carbocycles. The lowest BCUT2D eigenvalue weighted by molar-refractivity contribution is -0.116. The van der Waals surface area contributed by atoms with Crippen LogP contribution in [0.3, 0.4) is 0 Å². The van der Waals surface area contributed by atoms with Gasteiger partial charge in [0.1, 0.15) is 5.78 Å². The Labute approximate surface area is 89.9 Å². The predicted molar refractivity (Wildman–Crippen MR) is 61.7 cm³/mol. The highest BCUT2D eigenvalue weighted by Crippen LogP contribution is 2.17. The van der Waals surface area contributed by atoms with Gasteiger partial charge in [0.25, 0.3) is 0 Å². The monoisotopic (exact) mass is 208 g/mol. The van der Waals surface area contributed by atoms with Crippen molar-refractivity contribution in [2.24, 2.45) is 0 Å². The summed E-state index contributed by atoms with van der Waals surface area (Å²) in [7, 11) is 0. The van der Waals surface area contributed by atoms with Crippen LogP contribution in [0.15, 0.2) is 35.2 Å². The summed E-state index contributed by atoms with van der Waals surface area (Å²) < 4.78 is 0. The van der Waals surface area contributed by atoms with E-state index < -0.39 is 0 Å². The van der Waals surface area contributed by atoms with Gasteiger partial charge < -0.3 is 0 Å². The molecule has 2 heteroatoms. The standard InChI is InChI=1S/C12H16OS/c1-2-3-7-11(13)10-14-12-8-5-4-6-9-12/h4-6,8-9H,2-3,7,10H2,1H3. The molecule has 0 aromatic heterocycles. The lowest BCUT2D eigenvalue weighted by Gasteiger charge is -2.00. The molecule has 0 aliphatic carbocycles. The minimum absolute atomic E-state index is 0.362. The van der Waals surface area contributed by atoms with Crippen molar-refractivity contribution in [2.45, 2.75) is 31.1 Å². The molecule has 1 nitrogen and oxygen atoms in total. The van der Waals surface area contributed by atoms with E-state index >= 15 is 0 Å². The quantitative estimate of drug-likeness (QED) is 0.665. The third-order valence-electron chi connectivity index (χ3n) is 1.95. The van der Waals surface area contributed by atoms with Crippen LogP contribution in [0.2, 0.25) is 0 Å². The Hall–Kier alpha value is -0.760. The van der Waals surface area contributed by atoms with Crippen molar-refractivity contribution in [1.82, 2.24) is 0 Å². The molecule has 0 amide bonds. The van der Waals surface area contributed by atoms with Gasteiger partial charge in [-0.15, -0.1) is 11.8 Å². The molecule has 0 spiro atoms. The van der Waals surface area contributed by atoms with Crippen molar-refractivity contribution in [3.8, 4) is 0 Å². The second-order valence-electron chi connectivity index (χ2n) is 3.24. The summed E-state index contributed by atoms with van der Waals surface area (Å²) in [5.41, 5.74) is 0. The van der Waals surface area contributed by atoms with Crippen molar-refractivity contribution in [2.75, 3.05) is 5.75 Å². The zero-order chi connectivity index (χ0) is 10.2. The number of hydrogen-bond donors (Lipinski definition) is 0. The maximum absolute atomic E-state index is 11.4. The van der Waals surface area contributed by atoms with E-state index in [0.717, 1.165) is 19.3 Å². The summed E-state index contributed by atoms with van der Waals surface area (Å²) in [6.07, 6.45) is 2.85. The highest BCUT2D eigenvalue weighted by Gasteiger charge is 2.01. The molecule has 0 N–H and O–H groups in total. The molecule has 0 heterocycles. The molecule has 0 unspecified atom stereocenters. The summed E-state index contributed by atoms with van der Waals surface area (Å²) in [5, 5.41) is 0. The Morgan fingerprint density at radius 2 is 2.00 bits per heavy atom. The van der Waals surface area contributed by atoms with E-state index in [0.29, 0.717) is 11.5 Å². The van der Waals surface area contributed by atoms with E-state index in [4.69, 9.17) is 0 Å². The lowest BCUT2D eigenvalue weighted by Crippen LogP contribution is -2.00. The number of carbonyl (C=O) groups is 1. The molecule has 0 fully saturated rings. The molecule has 0 bridgehead atoms. The normalized spacial score (nSPS) is 10.1. The number of rotatable bonds is 6. The van der Waals surface area contributed by atoms with Crippen LogP contribution in [-0.4, -0.2) is 11.5 Å². The molecular formula is C12H16OS. The molecule has 0 saturated heterocycles. The summed E-state index contributed by atoms with van der Waals surface area (Å²) in [6.45, 7) is 2.11. The zero-order valence-corrected chi connectivity index (χ0v) is 9.35. The van der Waals surface area contributed by atoms with Gasteiger partial charge in [-0.1, -0.05) is 31.5 Å². The van der Waals surface area contributed by atoms with Crippen LogP contribution in [-0.2, 0) is 4.79 Å². The predicted octanol–water partition coefficient (Wildman–Crippen LogP) is 3.54. The fraction of sp³-hybridized carbons (Fsp3) is 0.417. The Morgan fingerprint density at radius 3 is 2.64 bits per heavy atom. The molecule has 0 radical (unpaired) electrons. The zero-order valence-electron chi connectivity index (χ0n) is 8.53. The number of benzene rings is 1. The molecule has 1 aromatic carbocycles. The van der Waals surface area contributed by atoms with Crippen LogP contribution in [0.25, 0.3) is 0 Å². The van der Waals surface area contributed by atoms with Crippen molar-refractivity contribution in [3.63, 3.8) is 0 Å². The molecule has 1 rings (SSSR count). The van der Waals surface area contributed by atoms with Crippen molar-refractivity contribution >= 4 is 17.5 Å². The van der Waals surface area contributed by atoms with Gasteiger partial charge in [0.2, 0.25) is 0 Å². The van der Waals surface area contributed by atoms with Gasteiger partial charge >= 0.3 is 0 Å². The number of unbranched alkanes of at least 4 members (excludes halogenated alkanes) is 1. The van der Waals surface area contributed by atoms with E-state index in [-0.39, 0.29) is 0 Å². The van der Waals surface area contributed by atoms with Crippen LogP contribution in [0, 0.1) is 0 Å². The van der Waals surface area contributed by atoms with Gasteiger partial charge in [-0.3, -0.25) is 4.79 Å².